The van der Waals surface area contributed by atoms with Crippen molar-refractivity contribution in [1.29, 1.82) is 0 Å². The van der Waals surface area contributed by atoms with Gasteiger partial charge >= 0.3 is 0 Å². The van der Waals surface area contributed by atoms with E-state index in [-0.39, 0.29) is 18.4 Å². The number of benzene rings is 1. The molecule has 0 unspecified atom stereocenters. The highest BCUT2D eigenvalue weighted by atomic mass is 16.2. The molecule has 1 aliphatic heterocycles. The molecule has 0 radical (unpaired) electrons. The second-order valence-corrected chi connectivity index (χ2v) is 4.42. The van der Waals surface area contributed by atoms with E-state index in [1.165, 1.54) is 0 Å². The SMILES string of the molecule is CCNC(=O)CN1C(=O)CCCc2ccccc21. The van der Waals surface area contributed by atoms with Crippen molar-refractivity contribution in [3.8, 4) is 0 Å². The summed E-state index contributed by atoms with van der Waals surface area (Å²) in [5, 5.41) is 2.73. The largest absolute Gasteiger partial charge is 0.355 e. The van der Waals surface area contributed by atoms with Crippen LogP contribution in [-0.4, -0.2) is 24.9 Å². The molecule has 0 aliphatic carbocycles. The molecule has 1 aromatic carbocycles. The van der Waals surface area contributed by atoms with Crippen molar-refractivity contribution in [3.05, 3.63) is 29.8 Å². The second-order valence-electron chi connectivity index (χ2n) is 4.42. The first-order chi connectivity index (χ1) is 8.72. The van der Waals surface area contributed by atoms with Crippen LogP contribution in [0.1, 0.15) is 25.3 Å². The molecule has 1 aromatic rings. The normalized spacial score (nSPS) is 14.9. The van der Waals surface area contributed by atoms with Crippen LogP contribution in [0.3, 0.4) is 0 Å². The van der Waals surface area contributed by atoms with Gasteiger partial charge in [-0.05, 0) is 31.4 Å². The van der Waals surface area contributed by atoms with Crippen LogP contribution in [0.5, 0.6) is 0 Å². The van der Waals surface area contributed by atoms with Crippen molar-refractivity contribution in [2.45, 2.75) is 26.2 Å². The summed E-state index contributed by atoms with van der Waals surface area (Å²) in [4.78, 5) is 25.3. The molecule has 18 heavy (non-hydrogen) atoms. The second kappa shape index (κ2) is 5.67. The lowest BCUT2D eigenvalue weighted by molar-refractivity contribution is -0.123. The van der Waals surface area contributed by atoms with Gasteiger partial charge in [-0.15, -0.1) is 0 Å². The molecule has 0 spiro atoms. The van der Waals surface area contributed by atoms with E-state index in [9.17, 15) is 9.59 Å². The fourth-order valence-electron chi connectivity index (χ4n) is 2.25. The van der Waals surface area contributed by atoms with Crippen LogP contribution < -0.4 is 10.2 Å². The van der Waals surface area contributed by atoms with Crippen molar-refractivity contribution in [2.75, 3.05) is 18.0 Å². The number of hydrogen-bond donors (Lipinski definition) is 1. The fraction of sp³-hybridized carbons (Fsp3) is 0.429. The highest BCUT2D eigenvalue weighted by Gasteiger charge is 2.23. The molecule has 4 nitrogen and oxygen atoms in total. The molecular formula is C14H18N2O2. The van der Waals surface area contributed by atoms with Gasteiger partial charge in [0.05, 0.1) is 0 Å². The Hall–Kier alpha value is -1.84. The Balaban J connectivity index is 2.25. The van der Waals surface area contributed by atoms with E-state index in [1.807, 2.05) is 31.2 Å². The highest BCUT2D eigenvalue weighted by Crippen LogP contribution is 2.26. The lowest BCUT2D eigenvalue weighted by Gasteiger charge is -2.22. The highest BCUT2D eigenvalue weighted by molar-refractivity contribution is 5.99. The zero-order valence-electron chi connectivity index (χ0n) is 10.6. The first-order valence-electron chi connectivity index (χ1n) is 6.37. The molecule has 96 valence electrons. The Morgan fingerprint density at radius 1 is 1.33 bits per heavy atom. The van der Waals surface area contributed by atoms with Gasteiger partial charge in [0.2, 0.25) is 11.8 Å². The molecule has 0 saturated carbocycles. The molecule has 1 heterocycles. The standard InChI is InChI=1S/C14H18N2O2/c1-2-15-13(17)10-16-12-8-4-3-6-11(12)7-5-9-14(16)18/h3-4,6,8H,2,5,7,9-10H2,1H3,(H,15,17). The summed E-state index contributed by atoms with van der Waals surface area (Å²) in [5.41, 5.74) is 2.03. The van der Waals surface area contributed by atoms with Crippen LogP contribution in [-0.2, 0) is 16.0 Å². The van der Waals surface area contributed by atoms with E-state index in [0.29, 0.717) is 13.0 Å². The molecule has 0 atom stereocenters. The van der Waals surface area contributed by atoms with Gasteiger partial charge in [0.1, 0.15) is 6.54 Å². The van der Waals surface area contributed by atoms with Crippen molar-refractivity contribution < 1.29 is 9.59 Å². The predicted molar refractivity (Wildman–Crippen MR) is 70.4 cm³/mol. The number of para-hydroxylation sites is 1. The molecular weight excluding hydrogens is 228 g/mol. The van der Waals surface area contributed by atoms with E-state index >= 15 is 0 Å². The molecule has 1 N–H and O–H groups in total. The topological polar surface area (TPSA) is 49.4 Å². The fourth-order valence-corrected chi connectivity index (χ4v) is 2.25. The zero-order valence-corrected chi connectivity index (χ0v) is 10.6. The Morgan fingerprint density at radius 2 is 2.11 bits per heavy atom. The third-order valence-electron chi connectivity index (χ3n) is 3.10. The van der Waals surface area contributed by atoms with Crippen molar-refractivity contribution >= 4 is 17.5 Å². The van der Waals surface area contributed by atoms with E-state index in [2.05, 4.69) is 5.32 Å². The minimum absolute atomic E-state index is 0.0335. The van der Waals surface area contributed by atoms with E-state index in [0.717, 1.165) is 24.1 Å². The first-order valence-corrected chi connectivity index (χ1v) is 6.37. The van der Waals surface area contributed by atoms with Crippen LogP contribution in [0.4, 0.5) is 5.69 Å². The number of likely N-dealkylation sites (N-methyl/N-ethyl adjacent to an activating group) is 1. The van der Waals surface area contributed by atoms with E-state index in [1.54, 1.807) is 4.90 Å². The summed E-state index contributed by atoms with van der Waals surface area (Å²) in [6.07, 6.45) is 2.25. The van der Waals surface area contributed by atoms with Gasteiger partial charge in [-0.2, -0.15) is 0 Å². The van der Waals surface area contributed by atoms with Crippen LogP contribution in [0.15, 0.2) is 24.3 Å². The monoisotopic (exact) mass is 246 g/mol. The Kier molecular flexibility index (Phi) is 3.97. The number of carbonyl (C=O) groups excluding carboxylic acids is 2. The smallest absolute Gasteiger partial charge is 0.240 e. The quantitative estimate of drug-likeness (QED) is 0.878. The summed E-state index contributed by atoms with van der Waals surface area (Å²) in [6, 6.07) is 7.82. The first kappa shape index (κ1) is 12.6. The number of hydrogen-bond acceptors (Lipinski definition) is 2. The Morgan fingerprint density at radius 3 is 2.89 bits per heavy atom. The van der Waals surface area contributed by atoms with Crippen LogP contribution in [0.2, 0.25) is 0 Å². The van der Waals surface area contributed by atoms with Gasteiger partial charge < -0.3 is 10.2 Å². The molecule has 0 bridgehead atoms. The van der Waals surface area contributed by atoms with Crippen molar-refractivity contribution in [2.24, 2.45) is 0 Å². The molecule has 2 rings (SSSR count). The predicted octanol–water partition coefficient (Wildman–Crippen LogP) is 1.49. The number of amides is 2. The average molecular weight is 246 g/mol. The molecule has 1 aliphatic rings. The van der Waals surface area contributed by atoms with Crippen LogP contribution in [0, 0.1) is 0 Å². The van der Waals surface area contributed by atoms with Gasteiger partial charge in [0.25, 0.3) is 0 Å². The number of fused-ring (bicyclic) bond motifs is 1. The average Bonchev–Trinajstić information content (AvgIpc) is 2.51. The van der Waals surface area contributed by atoms with Gasteiger partial charge in [0, 0.05) is 18.7 Å². The number of aryl methyl sites for hydroxylation is 1. The van der Waals surface area contributed by atoms with Crippen LogP contribution in [0.25, 0.3) is 0 Å². The van der Waals surface area contributed by atoms with Crippen molar-refractivity contribution in [1.82, 2.24) is 5.32 Å². The summed E-state index contributed by atoms with van der Waals surface area (Å²) >= 11 is 0. The van der Waals surface area contributed by atoms with Gasteiger partial charge in [0.15, 0.2) is 0 Å². The van der Waals surface area contributed by atoms with Crippen LogP contribution >= 0.6 is 0 Å². The molecule has 0 aromatic heterocycles. The molecule has 2 amide bonds. The van der Waals surface area contributed by atoms with E-state index in [4.69, 9.17) is 0 Å². The van der Waals surface area contributed by atoms with Crippen molar-refractivity contribution in [3.63, 3.8) is 0 Å². The number of anilines is 1. The Bertz CT molecular complexity index is 457. The third-order valence-corrected chi connectivity index (χ3v) is 3.10. The lowest BCUT2D eigenvalue weighted by atomic mass is 10.1. The summed E-state index contributed by atoms with van der Waals surface area (Å²) in [6.45, 7) is 2.57. The summed E-state index contributed by atoms with van der Waals surface area (Å²) in [7, 11) is 0. The minimum Gasteiger partial charge on any atom is -0.355 e. The van der Waals surface area contributed by atoms with Gasteiger partial charge in [-0.1, -0.05) is 18.2 Å². The summed E-state index contributed by atoms with van der Waals surface area (Å²) in [5.74, 6) is -0.0752. The summed E-state index contributed by atoms with van der Waals surface area (Å²) < 4.78 is 0. The third kappa shape index (κ3) is 2.70. The van der Waals surface area contributed by atoms with E-state index < -0.39 is 0 Å². The lowest BCUT2D eigenvalue weighted by Crippen LogP contribution is -2.40. The maximum atomic E-state index is 12.1. The minimum atomic E-state index is -0.109. The van der Waals surface area contributed by atoms with Gasteiger partial charge in [-0.25, -0.2) is 0 Å². The number of rotatable bonds is 3. The number of nitrogens with zero attached hydrogens (tertiary/aromatic N) is 1. The number of nitrogens with one attached hydrogen (secondary N) is 1. The van der Waals surface area contributed by atoms with Gasteiger partial charge in [-0.3, -0.25) is 9.59 Å². The Labute approximate surface area is 107 Å². The zero-order chi connectivity index (χ0) is 13.0. The maximum absolute atomic E-state index is 12.1. The number of carbonyl (C=O) groups is 2. The molecule has 0 fully saturated rings. The maximum Gasteiger partial charge on any atom is 0.240 e. The molecule has 0 saturated heterocycles. The molecule has 4 heteroatoms.